The van der Waals surface area contributed by atoms with Crippen LogP contribution in [0.25, 0.3) is 12.2 Å². The molecular weight excluding hydrogens is 252 g/mol. The van der Waals surface area contributed by atoms with Gasteiger partial charge in [-0.1, -0.05) is 49.6 Å². The average Bonchev–Trinajstić information content (AvgIpc) is 2.47. The number of rotatable bonds is 4. The van der Waals surface area contributed by atoms with Crippen LogP contribution < -0.4 is 0 Å². The first-order chi connectivity index (χ1) is 9.60. The van der Waals surface area contributed by atoms with Crippen LogP contribution in [0, 0.1) is 0 Å². The van der Waals surface area contributed by atoms with Gasteiger partial charge in [-0.05, 0) is 12.1 Å². The third-order valence-corrected chi connectivity index (χ3v) is 3.06. The van der Waals surface area contributed by atoms with E-state index in [0.717, 1.165) is 0 Å². The van der Waals surface area contributed by atoms with Crippen LogP contribution in [-0.2, 0) is 0 Å². The highest BCUT2D eigenvalue weighted by Crippen LogP contribution is 2.30. The molecule has 0 heterocycles. The first-order valence-corrected chi connectivity index (χ1v) is 6.03. The minimum atomic E-state index is -0.451. The fourth-order valence-corrected chi connectivity index (χ4v) is 1.96. The monoisotopic (exact) mass is 266 g/mol. The van der Waals surface area contributed by atoms with Gasteiger partial charge in [-0.25, -0.2) is 0 Å². The average molecular weight is 266 g/mol. The molecule has 2 aromatic carbocycles. The van der Waals surface area contributed by atoms with E-state index in [2.05, 4.69) is 13.2 Å². The molecular formula is C17H14O3. The second-order valence-corrected chi connectivity index (χ2v) is 4.22. The van der Waals surface area contributed by atoms with Gasteiger partial charge in [-0.2, -0.15) is 0 Å². The van der Waals surface area contributed by atoms with Gasteiger partial charge in [0.05, 0.1) is 11.1 Å². The van der Waals surface area contributed by atoms with Crippen LogP contribution in [0.15, 0.2) is 49.6 Å². The van der Waals surface area contributed by atoms with Crippen LogP contribution in [0.3, 0.4) is 0 Å². The van der Waals surface area contributed by atoms with Gasteiger partial charge in [0.1, 0.15) is 11.5 Å². The van der Waals surface area contributed by atoms with E-state index in [0.29, 0.717) is 11.1 Å². The van der Waals surface area contributed by atoms with Gasteiger partial charge in [-0.15, -0.1) is 0 Å². The molecule has 3 heteroatoms. The van der Waals surface area contributed by atoms with E-state index < -0.39 is 5.78 Å². The number of carbonyl (C=O) groups excluding carboxylic acids is 1. The van der Waals surface area contributed by atoms with Crippen LogP contribution in [0.5, 0.6) is 11.5 Å². The Morgan fingerprint density at radius 3 is 1.60 bits per heavy atom. The van der Waals surface area contributed by atoms with Crippen molar-refractivity contribution in [3.8, 4) is 11.5 Å². The van der Waals surface area contributed by atoms with Crippen LogP contribution in [0.1, 0.15) is 27.0 Å². The Morgan fingerprint density at radius 1 is 0.850 bits per heavy atom. The maximum Gasteiger partial charge on any atom is 0.200 e. The van der Waals surface area contributed by atoms with E-state index in [-0.39, 0.29) is 22.6 Å². The van der Waals surface area contributed by atoms with Crippen molar-refractivity contribution in [2.75, 3.05) is 0 Å². The Hall–Kier alpha value is -2.81. The highest BCUT2D eigenvalue weighted by atomic mass is 16.3. The molecule has 20 heavy (non-hydrogen) atoms. The molecule has 0 atom stereocenters. The van der Waals surface area contributed by atoms with Crippen LogP contribution in [0.4, 0.5) is 0 Å². The van der Waals surface area contributed by atoms with E-state index in [4.69, 9.17) is 0 Å². The fraction of sp³-hybridized carbons (Fsp3) is 0. The van der Waals surface area contributed by atoms with E-state index in [1.54, 1.807) is 24.3 Å². The molecule has 0 aromatic heterocycles. The molecule has 0 spiro atoms. The summed E-state index contributed by atoms with van der Waals surface area (Å²) in [5.74, 6) is -0.737. The summed E-state index contributed by atoms with van der Waals surface area (Å²) in [5, 5.41) is 20.1. The van der Waals surface area contributed by atoms with Gasteiger partial charge < -0.3 is 10.2 Å². The Morgan fingerprint density at radius 2 is 1.25 bits per heavy atom. The quantitative estimate of drug-likeness (QED) is 0.831. The predicted octanol–water partition coefficient (Wildman–Crippen LogP) is 3.61. The first-order valence-electron chi connectivity index (χ1n) is 6.03. The van der Waals surface area contributed by atoms with Crippen molar-refractivity contribution in [1.29, 1.82) is 0 Å². The zero-order valence-electron chi connectivity index (χ0n) is 10.8. The largest absolute Gasteiger partial charge is 0.507 e. The van der Waals surface area contributed by atoms with Crippen molar-refractivity contribution in [3.63, 3.8) is 0 Å². The smallest absolute Gasteiger partial charge is 0.200 e. The summed E-state index contributed by atoms with van der Waals surface area (Å²) in [6.07, 6.45) is 2.93. The molecule has 0 bridgehead atoms. The van der Waals surface area contributed by atoms with Gasteiger partial charge in [-0.3, -0.25) is 4.79 Å². The van der Waals surface area contributed by atoms with Crippen LogP contribution in [-0.4, -0.2) is 16.0 Å². The zero-order chi connectivity index (χ0) is 14.7. The third kappa shape index (κ3) is 2.21. The molecule has 2 rings (SSSR count). The minimum absolute atomic E-state index is 0.124. The van der Waals surface area contributed by atoms with Gasteiger partial charge in [0.15, 0.2) is 0 Å². The Labute approximate surface area is 117 Å². The Bertz CT molecular complexity index is 640. The predicted molar refractivity (Wildman–Crippen MR) is 79.8 cm³/mol. The normalized spacial score (nSPS) is 10.0. The maximum atomic E-state index is 12.4. The minimum Gasteiger partial charge on any atom is -0.507 e. The van der Waals surface area contributed by atoms with Gasteiger partial charge in [0.2, 0.25) is 5.78 Å². The van der Waals surface area contributed by atoms with E-state index in [9.17, 15) is 15.0 Å². The van der Waals surface area contributed by atoms with Crippen molar-refractivity contribution in [3.05, 3.63) is 71.8 Å². The van der Waals surface area contributed by atoms with E-state index >= 15 is 0 Å². The van der Waals surface area contributed by atoms with Crippen LogP contribution >= 0.6 is 0 Å². The lowest BCUT2D eigenvalue weighted by atomic mass is 9.97. The highest BCUT2D eigenvalue weighted by Gasteiger charge is 2.19. The summed E-state index contributed by atoms with van der Waals surface area (Å²) in [6.45, 7) is 7.15. The highest BCUT2D eigenvalue weighted by molar-refractivity contribution is 6.13. The molecule has 3 nitrogen and oxygen atoms in total. The SMILES string of the molecule is C=Cc1cccc(C(=O)c2cccc(C=C)c2O)c1O. The number of phenols is 2. The number of benzene rings is 2. The molecule has 0 aliphatic rings. The van der Waals surface area contributed by atoms with Crippen LogP contribution in [0.2, 0.25) is 0 Å². The number of hydrogen-bond acceptors (Lipinski definition) is 3. The Balaban J connectivity index is 2.58. The molecule has 2 N–H and O–H groups in total. The molecule has 0 aliphatic heterocycles. The summed E-state index contributed by atoms with van der Waals surface area (Å²) in [5.41, 5.74) is 1.18. The molecule has 0 saturated carbocycles. The molecule has 0 fully saturated rings. The molecule has 0 radical (unpaired) electrons. The molecule has 100 valence electrons. The summed E-state index contributed by atoms with van der Waals surface area (Å²) in [4.78, 5) is 12.4. The summed E-state index contributed by atoms with van der Waals surface area (Å²) in [7, 11) is 0. The molecule has 0 aliphatic carbocycles. The van der Waals surface area contributed by atoms with Crippen molar-refractivity contribution < 1.29 is 15.0 Å². The van der Waals surface area contributed by atoms with Crippen molar-refractivity contribution in [2.24, 2.45) is 0 Å². The maximum absolute atomic E-state index is 12.4. The summed E-state index contributed by atoms with van der Waals surface area (Å²) in [6, 6.07) is 9.62. The van der Waals surface area contributed by atoms with Gasteiger partial charge in [0, 0.05) is 11.1 Å². The first kappa shape index (κ1) is 13.6. The molecule has 0 saturated heterocycles. The molecule has 0 unspecified atom stereocenters. The van der Waals surface area contributed by atoms with Crippen molar-refractivity contribution in [1.82, 2.24) is 0 Å². The summed E-state index contributed by atoms with van der Waals surface area (Å²) >= 11 is 0. The van der Waals surface area contributed by atoms with Gasteiger partial charge >= 0.3 is 0 Å². The van der Waals surface area contributed by atoms with E-state index in [1.807, 2.05) is 0 Å². The second-order valence-electron chi connectivity index (χ2n) is 4.22. The lowest BCUT2D eigenvalue weighted by Crippen LogP contribution is -2.03. The number of aromatic hydroxyl groups is 2. The second kappa shape index (κ2) is 5.45. The van der Waals surface area contributed by atoms with E-state index in [1.165, 1.54) is 24.3 Å². The lowest BCUT2D eigenvalue weighted by molar-refractivity contribution is 0.103. The number of ketones is 1. The molecule has 0 amide bonds. The number of phenolic OH excluding ortho intramolecular Hbond substituents is 2. The number of hydrogen-bond donors (Lipinski definition) is 2. The van der Waals surface area contributed by atoms with Crippen molar-refractivity contribution in [2.45, 2.75) is 0 Å². The number of para-hydroxylation sites is 2. The topological polar surface area (TPSA) is 57.5 Å². The standard InChI is InChI=1S/C17H14O3/c1-3-11-7-5-9-13(15(11)18)17(20)14-10-6-8-12(4-2)16(14)19/h3-10,18-19H,1-2H2. The number of carbonyl (C=O) groups is 1. The molecule has 2 aromatic rings. The van der Waals surface area contributed by atoms with Gasteiger partial charge in [0.25, 0.3) is 0 Å². The van der Waals surface area contributed by atoms with Crippen molar-refractivity contribution >= 4 is 17.9 Å². The Kier molecular flexibility index (Phi) is 3.71. The third-order valence-electron chi connectivity index (χ3n) is 3.06. The lowest BCUT2D eigenvalue weighted by Gasteiger charge is -2.09. The summed E-state index contributed by atoms with van der Waals surface area (Å²) < 4.78 is 0. The zero-order valence-corrected chi connectivity index (χ0v) is 10.8. The fourth-order valence-electron chi connectivity index (χ4n) is 1.96.